The smallest absolute Gasteiger partial charge is 0.407 e. The summed E-state index contributed by atoms with van der Waals surface area (Å²) in [7, 11) is 0. The third-order valence-corrected chi connectivity index (χ3v) is 5.64. The molecule has 0 aliphatic carbocycles. The number of fused-ring (bicyclic) bond motifs is 1. The van der Waals surface area contributed by atoms with E-state index in [4.69, 9.17) is 5.11 Å². The van der Waals surface area contributed by atoms with Crippen LogP contribution in [0.15, 0.2) is 60.7 Å². The van der Waals surface area contributed by atoms with E-state index >= 15 is 0 Å². The molecule has 2 amide bonds. The van der Waals surface area contributed by atoms with E-state index in [2.05, 4.69) is 28.8 Å². The van der Waals surface area contributed by atoms with Crippen LogP contribution >= 0.6 is 0 Å². The van der Waals surface area contributed by atoms with Gasteiger partial charge in [0.25, 0.3) is 5.91 Å². The lowest BCUT2D eigenvalue weighted by Gasteiger charge is -2.38. The third kappa shape index (κ3) is 3.94. The van der Waals surface area contributed by atoms with Crippen LogP contribution in [0.25, 0.3) is 10.8 Å². The second-order valence-corrected chi connectivity index (χ2v) is 7.82. The van der Waals surface area contributed by atoms with Crippen molar-refractivity contribution in [3.05, 3.63) is 77.4 Å². The second-order valence-electron chi connectivity index (χ2n) is 7.82. The van der Waals surface area contributed by atoms with Crippen LogP contribution in [0.4, 0.5) is 10.5 Å². The predicted molar refractivity (Wildman–Crippen MR) is 118 cm³/mol. The molecule has 6 nitrogen and oxygen atoms in total. The monoisotopic (exact) mass is 403 g/mol. The van der Waals surface area contributed by atoms with Gasteiger partial charge in [-0.3, -0.25) is 4.79 Å². The first-order valence-corrected chi connectivity index (χ1v) is 10.1. The molecule has 4 rings (SSSR count). The first kappa shape index (κ1) is 19.8. The van der Waals surface area contributed by atoms with E-state index in [1.807, 2.05) is 56.3 Å². The van der Waals surface area contributed by atoms with Gasteiger partial charge < -0.3 is 20.6 Å². The minimum Gasteiger partial charge on any atom is -0.465 e. The van der Waals surface area contributed by atoms with Crippen LogP contribution in [0.5, 0.6) is 0 Å². The van der Waals surface area contributed by atoms with Gasteiger partial charge in [0.05, 0.1) is 12.1 Å². The summed E-state index contributed by atoms with van der Waals surface area (Å²) in [6.45, 7) is 4.80. The molecule has 3 aromatic carbocycles. The molecule has 1 saturated heterocycles. The number of benzene rings is 3. The molecule has 3 N–H and O–H groups in total. The Kier molecular flexibility index (Phi) is 5.31. The topological polar surface area (TPSA) is 81.7 Å². The molecule has 0 spiro atoms. The van der Waals surface area contributed by atoms with Gasteiger partial charge in [-0.25, -0.2) is 4.79 Å². The maximum Gasteiger partial charge on any atom is 0.407 e. The SMILES string of the molecule is Cc1ccc(NC2CN(C(=O)O)C2)cc1C(=O)N[C@H](C)c1cccc2ccccc12. The van der Waals surface area contributed by atoms with Gasteiger partial charge in [-0.1, -0.05) is 48.5 Å². The third-order valence-electron chi connectivity index (χ3n) is 5.64. The highest BCUT2D eigenvalue weighted by Gasteiger charge is 2.30. The lowest BCUT2D eigenvalue weighted by Crippen LogP contribution is -2.56. The molecule has 30 heavy (non-hydrogen) atoms. The zero-order chi connectivity index (χ0) is 21.3. The molecule has 6 heteroatoms. The molecule has 1 heterocycles. The number of hydrogen-bond acceptors (Lipinski definition) is 3. The molecule has 0 bridgehead atoms. The highest BCUT2D eigenvalue weighted by Crippen LogP contribution is 2.25. The van der Waals surface area contributed by atoms with Crippen LogP contribution < -0.4 is 10.6 Å². The van der Waals surface area contributed by atoms with Crippen molar-refractivity contribution in [1.82, 2.24) is 10.2 Å². The number of carbonyl (C=O) groups excluding carboxylic acids is 1. The van der Waals surface area contributed by atoms with Gasteiger partial charge in [-0.15, -0.1) is 0 Å². The van der Waals surface area contributed by atoms with E-state index in [-0.39, 0.29) is 18.0 Å². The fourth-order valence-corrected chi connectivity index (χ4v) is 3.90. The minimum absolute atomic E-state index is 0.0642. The van der Waals surface area contributed by atoms with E-state index in [1.54, 1.807) is 0 Å². The van der Waals surface area contributed by atoms with Crippen molar-refractivity contribution in [2.75, 3.05) is 18.4 Å². The number of likely N-dealkylation sites (tertiary alicyclic amines) is 1. The van der Waals surface area contributed by atoms with E-state index < -0.39 is 6.09 Å². The quantitative estimate of drug-likeness (QED) is 0.589. The van der Waals surface area contributed by atoms with Crippen molar-refractivity contribution >= 4 is 28.5 Å². The zero-order valence-corrected chi connectivity index (χ0v) is 17.1. The first-order chi connectivity index (χ1) is 14.4. The van der Waals surface area contributed by atoms with Gasteiger partial charge in [0.1, 0.15) is 0 Å². The summed E-state index contributed by atoms with van der Waals surface area (Å²) < 4.78 is 0. The molecule has 0 unspecified atom stereocenters. The van der Waals surface area contributed by atoms with Gasteiger partial charge in [0.2, 0.25) is 0 Å². The molecular weight excluding hydrogens is 378 g/mol. The number of rotatable bonds is 5. The number of nitrogens with one attached hydrogen (secondary N) is 2. The summed E-state index contributed by atoms with van der Waals surface area (Å²) in [4.78, 5) is 25.3. The maximum atomic E-state index is 13.0. The van der Waals surface area contributed by atoms with E-state index in [1.165, 1.54) is 4.90 Å². The Morgan fingerprint density at radius 1 is 1.07 bits per heavy atom. The molecular formula is C24H25N3O3. The summed E-state index contributed by atoms with van der Waals surface area (Å²) in [5, 5.41) is 17.7. The lowest BCUT2D eigenvalue weighted by atomic mass is 9.99. The molecule has 1 fully saturated rings. The van der Waals surface area contributed by atoms with Gasteiger partial charge in [-0.2, -0.15) is 0 Å². The largest absolute Gasteiger partial charge is 0.465 e. The van der Waals surface area contributed by atoms with E-state index in [9.17, 15) is 9.59 Å². The van der Waals surface area contributed by atoms with Crippen molar-refractivity contribution in [2.45, 2.75) is 25.9 Å². The van der Waals surface area contributed by atoms with Crippen molar-refractivity contribution < 1.29 is 14.7 Å². The summed E-state index contributed by atoms with van der Waals surface area (Å²) in [6, 6.07) is 19.9. The van der Waals surface area contributed by atoms with Crippen LogP contribution in [0.2, 0.25) is 0 Å². The fourth-order valence-electron chi connectivity index (χ4n) is 3.90. The van der Waals surface area contributed by atoms with Crippen LogP contribution in [0.1, 0.15) is 34.5 Å². The van der Waals surface area contributed by atoms with Crippen molar-refractivity contribution in [2.24, 2.45) is 0 Å². The highest BCUT2D eigenvalue weighted by molar-refractivity contribution is 5.97. The average molecular weight is 403 g/mol. The van der Waals surface area contributed by atoms with Gasteiger partial charge >= 0.3 is 6.09 Å². The highest BCUT2D eigenvalue weighted by atomic mass is 16.4. The Bertz CT molecular complexity index is 1100. The van der Waals surface area contributed by atoms with Gasteiger partial charge in [0, 0.05) is 24.3 Å². The normalized spacial score (nSPS) is 14.8. The summed E-state index contributed by atoms with van der Waals surface area (Å²) in [6.07, 6.45) is -0.903. The number of hydrogen-bond donors (Lipinski definition) is 3. The molecule has 0 radical (unpaired) electrons. The van der Waals surface area contributed by atoms with Crippen molar-refractivity contribution in [3.63, 3.8) is 0 Å². The minimum atomic E-state index is -0.903. The van der Waals surface area contributed by atoms with E-state index in [0.29, 0.717) is 18.7 Å². The van der Waals surface area contributed by atoms with Crippen molar-refractivity contribution in [1.29, 1.82) is 0 Å². The molecule has 1 atom stereocenters. The molecule has 1 aliphatic heterocycles. The molecule has 1 aliphatic rings. The number of aryl methyl sites for hydroxylation is 1. The first-order valence-electron chi connectivity index (χ1n) is 10.1. The molecule has 3 aromatic rings. The molecule has 0 aromatic heterocycles. The maximum absolute atomic E-state index is 13.0. The predicted octanol–water partition coefficient (Wildman–Crippen LogP) is 4.41. The lowest BCUT2D eigenvalue weighted by molar-refractivity contribution is 0.0939. The molecule has 0 saturated carbocycles. The summed E-state index contributed by atoms with van der Waals surface area (Å²) in [5.41, 5.74) is 3.40. The Hall–Kier alpha value is -3.54. The van der Waals surface area contributed by atoms with E-state index in [0.717, 1.165) is 27.6 Å². The number of anilines is 1. The van der Waals surface area contributed by atoms with Crippen LogP contribution in [-0.4, -0.2) is 41.1 Å². The van der Waals surface area contributed by atoms with Gasteiger partial charge in [0.15, 0.2) is 0 Å². The van der Waals surface area contributed by atoms with Gasteiger partial charge in [-0.05, 0) is 47.9 Å². The Labute approximate surface area is 175 Å². The van der Waals surface area contributed by atoms with Crippen molar-refractivity contribution in [3.8, 4) is 0 Å². The Balaban J connectivity index is 1.48. The number of carbonyl (C=O) groups is 2. The Morgan fingerprint density at radius 3 is 2.57 bits per heavy atom. The second kappa shape index (κ2) is 8.06. The van der Waals surface area contributed by atoms with Crippen LogP contribution in [0.3, 0.4) is 0 Å². The zero-order valence-electron chi connectivity index (χ0n) is 17.1. The number of carboxylic acid groups (broad SMARTS) is 1. The van der Waals surface area contributed by atoms with Crippen LogP contribution in [-0.2, 0) is 0 Å². The summed E-state index contributed by atoms with van der Waals surface area (Å²) >= 11 is 0. The summed E-state index contributed by atoms with van der Waals surface area (Å²) in [5.74, 6) is -0.127. The van der Waals surface area contributed by atoms with Crippen LogP contribution in [0, 0.1) is 6.92 Å². The number of amides is 2. The fraction of sp³-hybridized carbons (Fsp3) is 0.250. The number of nitrogens with zero attached hydrogens (tertiary/aromatic N) is 1. The molecule has 154 valence electrons. The average Bonchev–Trinajstić information content (AvgIpc) is 2.70. The standard InChI is InChI=1S/C24H25N3O3/c1-15-10-11-18(26-19-13-27(14-19)24(29)30)12-22(15)23(28)25-16(2)20-9-5-7-17-6-3-4-8-21(17)20/h3-12,16,19,26H,13-14H2,1-2H3,(H,25,28)(H,29,30)/t16-/m1/s1. The Morgan fingerprint density at radius 2 is 1.80 bits per heavy atom.